The first kappa shape index (κ1) is 21.5. The molecule has 0 aliphatic carbocycles. The average molecular weight is 477 g/mol. The van der Waals surface area contributed by atoms with Gasteiger partial charge in [0.2, 0.25) is 5.88 Å². The zero-order valence-electron chi connectivity index (χ0n) is 17.5. The standard InChI is InChI=1S/C20H18F3N7O2S/c1-29-17-11(8-26-29)7-25-19(31-2)16(17)28-33-12-3-4-15(24-9-12)30-14-5-6-32-10-13(14)18(27-30)20(21,22)23/h3-4,7-9,28H,5-6,10H2,1-2H3. The first-order valence-electron chi connectivity index (χ1n) is 9.86. The van der Waals surface area contributed by atoms with E-state index in [4.69, 9.17) is 9.47 Å². The molecule has 1 N–H and O–H groups in total. The van der Waals surface area contributed by atoms with Crippen molar-refractivity contribution in [3.63, 3.8) is 0 Å². The van der Waals surface area contributed by atoms with Gasteiger partial charge in [-0.1, -0.05) is 0 Å². The predicted molar refractivity (Wildman–Crippen MR) is 114 cm³/mol. The predicted octanol–water partition coefficient (Wildman–Crippen LogP) is 3.77. The maximum absolute atomic E-state index is 13.4. The van der Waals surface area contributed by atoms with Crippen LogP contribution in [0.15, 0.2) is 35.6 Å². The van der Waals surface area contributed by atoms with Crippen LogP contribution >= 0.6 is 11.9 Å². The first-order chi connectivity index (χ1) is 15.9. The molecule has 0 bridgehead atoms. The van der Waals surface area contributed by atoms with Gasteiger partial charge in [-0.3, -0.25) is 4.68 Å². The number of hydrogen-bond acceptors (Lipinski definition) is 8. The normalized spacial score (nSPS) is 13.8. The second-order valence-electron chi connectivity index (χ2n) is 7.26. The van der Waals surface area contributed by atoms with E-state index in [-0.39, 0.29) is 12.2 Å². The van der Waals surface area contributed by atoms with Gasteiger partial charge in [-0.25, -0.2) is 14.6 Å². The van der Waals surface area contributed by atoms with Crippen molar-refractivity contribution in [2.24, 2.45) is 7.05 Å². The number of nitrogens with one attached hydrogen (secondary N) is 1. The summed E-state index contributed by atoms with van der Waals surface area (Å²) in [6, 6.07) is 3.39. The first-order valence-corrected chi connectivity index (χ1v) is 10.7. The van der Waals surface area contributed by atoms with E-state index < -0.39 is 11.9 Å². The number of methoxy groups -OCH3 is 1. The lowest BCUT2D eigenvalue weighted by molar-refractivity contribution is -0.142. The Hall–Kier alpha value is -3.32. The molecule has 1 aliphatic heterocycles. The number of rotatable bonds is 5. The van der Waals surface area contributed by atoms with Gasteiger partial charge in [0, 0.05) is 41.7 Å². The largest absolute Gasteiger partial charge is 0.479 e. The minimum Gasteiger partial charge on any atom is -0.479 e. The van der Waals surface area contributed by atoms with E-state index in [1.165, 1.54) is 23.7 Å². The van der Waals surface area contributed by atoms with Gasteiger partial charge in [0.05, 0.1) is 37.7 Å². The Balaban J connectivity index is 1.42. The van der Waals surface area contributed by atoms with E-state index >= 15 is 0 Å². The van der Waals surface area contributed by atoms with Crippen LogP contribution in [0.1, 0.15) is 17.0 Å². The molecule has 13 heteroatoms. The minimum absolute atomic E-state index is 0.0690. The lowest BCUT2D eigenvalue weighted by Gasteiger charge is -2.15. The van der Waals surface area contributed by atoms with E-state index in [2.05, 4.69) is 24.9 Å². The zero-order chi connectivity index (χ0) is 23.2. The number of fused-ring (bicyclic) bond motifs is 2. The number of hydrogen-bond donors (Lipinski definition) is 1. The number of pyridine rings is 2. The van der Waals surface area contributed by atoms with E-state index in [9.17, 15) is 13.2 Å². The van der Waals surface area contributed by atoms with Crippen molar-refractivity contribution in [1.82, 2.24) is 29.5 Å². The van der Waals surface area contributed by atoms with Gasteiger partial charge < -0.3 is 14.2 Å². The number of anilines is 1. The third-order valence-electron chi connectivity index (χ3n) is 5.23. The SMILES string of the molecule is COc1ncc2cnn(C)c2c1NSc1ccc(-n2nc(C(F)(F)F)c3c2CCOC3)nc1. The molecule has 0 unspecified atom stereocenters. The lowest BCUT2D eigenvalue weighted by Crippen LogP contribution is -2.15. The van der Waals surface area contributed by atoms with E-state index in [0.717, 1.165) is 15.8 Å². The van der Waals surface area contributed by atoms with Crippen molar-refractivity contribution in [3.05, 3.63) is 47.7 Å². The fourth-order valence-corrected chi connectivity index (χ4v) is 4.36. The van der Waals surface area contributed by atoms with Crippen LogP contribution < -0.4 is 9.46 Å². The number of ether oxygens (including phenoxy) is 2. The third kappa shape index (κ3) is 3.86. The fraction of sp³-hybridized carbons (Fsp3) is 0.300. The van der Waals surface area contributed by atoms with Gasteiger partial charge in [0.1, 0.15) is 5.69 Å². The van der Waals surface area contributed by atoms with Crippen molar-refractivity contribution >= 4 is 28.5 Å². The molecule has 5 rings (SSSR count). The summed E-state index contributed by atoms with van der Waals surface area (Å²) in [6.07, 6.45) is 0.726. The van der Waals surface area contributed by atoms with Gasteiger partial charge in [-0.05, 0) is 24.1 Å². The van der Waals surface area contributed by atoms with Crippen LogP contribution in [0.25, 0.3) is 16.7 Å². The van der Waals surface area contributed by atoms with Crippen LogP contribution in [0.4, 0.5) is 18.9 Å². The minimum atomic E-state index is -4.56. The lowest BCUT2D eigenvalue weighted by atomic mass is 10.1. The number of aromatic nitrogens is 6. The molecule has 1 aliphatic rings. The highest BCUT2D eigenvalue weighted by Crippen LogP contribution is 2.36. The summed E-state index contributed by atoms with van der Waals surface area (Å²) in [5, 5.41) is 8.91. The summed E-state index contributed by atoms with van der Waals surface area (Å²) in [5.41, 5.74) is 1.09. The molecule has 0 fully saturated rings. The summed E-state index contributed by atoms with van der Waals surface area (Å²) in [7, 11) is 3.35. The Bertz CT molecular complexity index is 1320. The highest BCUT2D eigenvalue weighted by Gasteiger charge is 2.40. The van der Waals surface area contributed by atoms with Gasteiger partial charge in [-0.15, -0.1) is 0 Å². The number of alkyl halides is 3. The topological polar surface area (TPSA) is 91.9 Å². The fourth-order valence-electron chi connectivity index (χ4n) is 3.72. The second kappa shape index (κ2) is 8.23. The summed E-state index contributed by atoms with van der Waals surface area (Å²) in [6.45, 7) is 0.223. The molecule has 4 aromatic heterocycles. The molecule has 0 saturated carbocycles. The van der Waals surface area contributed by atoms with Crippen LogP contribution in [0, 0.1) is 0 Å². The van der Waals surface area contributed by atoms with Crippen LogP contribution in [-0.2, 0) is 31.0 Å². The molecular weight excluding hydrogens is 459 g/mol. The summed E-state index contributed by atoms with van der Waals surface area (Å²) >= 11 is 1.27. The molecule has 0 aromatic carbocycles. The van der Waals surface area contributed by atoms with Gasteiger partial charge in [0.15, 0.2) is 11.5 Å². The Morgan fingerprint density at radius 1 is 1.18 bits per heavy atom. The van der Waals surface area contributed by atoms with Gasteiger partial charge in [0.25, 0.3) is 0 Å². The van der Waals surface area contributed by atoms with Crippen molar-refractivity contribution in [1.29, 1.82) is 0 Å². The quantitative estimate of drug-likeness (QED) is 0.435. The van der Waals surface area contributed by atoms with Crippen LogP contribution in [-0.4, -0.2) is 43.2 Å². The molecule has 172 valence electrons. The van der Waals surface area contributed by atoms with Crippen LogP contribution in [0.2, 0.25) is 0 Å². The Labute approximate surface area is 190 Å². The number of aryl methyl sites for hydroxylation is 1. The molecule has 0 amide bonds. The summed E-state index contributed by atoms with van der Waals surface area (Å²) < 4.78 is 57.1. The summed E-state index contributed by atoms with van der Waals surface area (Å²) in [5.74, 6) is 0.717. The number of nitrogens with zero attached hydrogens (tertiary/aromatic N) is 6. The van der Waals surface area contributed by atoms with E-state index in [0.29, 0.717) is 36.1 Å². The average Bonchev–Trinajstić information content (AvgIpc) is 3.39. The molecule has 0 atom stereocenters. The van der Waals surface area contributed by atoms with E-state index in [1.807, 2.05) is 7.05 Å². The Morgan fingerprint density at radius 2 is 2.03 bits per heavy atom. The second-order valence-corrected chi connectivity index (χ2v) is 8.14. The Kier molecular flexibility index (Phi) is 5.37. The molecule has 0 spiro atoms. The van der Waals surface area contributed by atoms with Gasteiger partial charge >= 0.3 is 6.18 Å². The molecule has 5 heterocycles. The molecule has 33 heavy (non-hydrogen) atoms. The number of halogens is 3. The monoisotopic (exact) mass is 477 g/mol. The Morgan fingerprint density at radius 3 is 2.76 bits per heavy atom. The van der Waals surface area contributed by atoms with Crippen molar-refractivity contribution in [3.8, 4) is 11.7 Å². The smallest absolute Gasteiger partial charge is 0.435 e. The maximum atomic E-state index is 13.4. The van der Waals surface area contributed by atoms with Crippen molar-refractivity contribution in [2.75, 3.05) is 18.4 Å². The molecular formula is C20H18F3N7O2S. The molecule has 4 aromatic rings. The highest BCUT2D eigenvalue weighted by atomic mass is 32.2. The third-order valence-corrected chi connectivity index (χ3v) is 6.01. The van der Waals surface area contributed by atoms with Crippen LogP contribution in [0.3, 0.4) is 0 Å². The maximum Gasteiger partial charge on any atom is 0.435 e. The highest BCUT2D eigenvalue weighted by molar-refractivity contribution is 8.00. The van der Waals surface area contributed by atoms with Gasteiger partial charge in [-0.2, -0.15) is 23.4 Å². The van der Waals surface area contributed by atoms with Crippen molar-refractivity contribution in [2.45, 2.75) is 24.1 Å². The molecule has 9 nitrogen and oxygen atoms in total. The summed E-state index contributed by atoms with van der Waals surface area (Å²) in [4.78, 5) is 9.37. The molecule has 0 saturated heterocycles. The molecule has 0 radical (unpaired) electrons. The van der Waals surface area contributed by atoms with E-state index in [1.54, 1.807) is 35.4 Å². The van der Waals surface area contributed by atoms with Crippen LogP contribution in [0.5, 0.6) is 5.88 Å². The van der Waals surface area contributed by atoms with Crippen molar-refractivity contribution < 1.29 is 22.6 Å². The zero-order valence-corrected chi connectivity index (χ0v) is 18.4.